The number of nitrogens with zero attached hydrogens (tertiary/aromatic N) is 2. The lowest BCUT2D eigenvalue weighted by Gasteiger charge is -2.30. The Kier molecular flexibility index (Phi) is 3.27. The molecule has 0 saturated carbocycles. The lowest BCUT2D eigenvalue weighted by molar-refractivity contribution is 0.309. The van der Waals surface area contributed by atoms with Crippen molar-refractivity contribution in [1.29, 1.82) is 0 Å². The molecule has 1 fully saturated rings. The van der Waals surface area contributed by atoms with E-state index in [4.69, 9.17) is 5.73 Å². The topological polar surface area (TPSA) is 76.3 Å². The molecule has 1 aromatic carbocycles. The fraction of sp³-hybridized carbons (Fsp3) is 0.308. The van der Waals surface area contributed by atoms with Crippen LogP contribution in [0.15, 0.2) is 29.3 Å². The number of nitrogens with two attached hydrogens (primary N) is 1. The maximum atomic E-state index is 12.6. The van der Waals surface area contributed by atoms with Crippen molar-refractivity contribution in [3.05, 3.63) is 29.4 Å². The predicted molar refractivity (Wildman–Crippen MR) is 80.1 cm³/mol. The number of nitrogen functional groups attached to an aromatic ring is 1. The number of thiazole rings is 1. The molecular formula is C13H15N3O2S2. The first kappa shape index (κ1) is 13.5. The van der Waals surface area contributed by atoms with Crippen LogP contribution in [0.25, 0.3) is 10.4 Å². The Labute approximate surface area is 122 Å². The third-order valence-corrected chi connectivity index (χ3v) is 6.21. The van der Waals surface area contributed by atoms with Crippen LogP contribution in [0.2, 0.25) is 0 Å². The van der Waals surface area contributed by atoms with Gasteiger partial charge < -0.3 is 5.73 Å². The van der Waals surface area contributed by atoms with Crippen molar-refractivity contribution in [3.63, 3.8) is 0 Å². The average Bonchev–Trinajstić information content (AvgIpc) is 2.72. The zero-order valence-corrected chi connectivity index (χ0v) is 12.7. The highest BCUT2D eigenvalue weighted by atomic mass is 32.2. The minimum atomic E-state index is -3.46. The Morgan fingerprint density at radius 3 is 2.65 bits per heavy atom. The number of aryl methyl sites for hydroxylation is 1. The van der Waals surface area contributed by atoms with Crippen LogP contribution in [-0.4, -0.2) is 30.8 Å². The molecule has 1 aromatic heterocycles. The monoisotopic (exact) mass is 309 g/mol. The van der Waals surface area contributed by atoms with E-state index in [0.717, 1.165) is 16.3 Å². The van der Waals surface area contributed by atoms with Crippen molar-refractivity contribution in [3.8, 4) is 10.4 Å². The van der Waals surface area contributed by atoms with Gasteiger partial charge in [-0.2, -0.15) is 4.31 Å². The number of benzene rings is 1. The number of rotatable bonds is 3. The van der Waals surface area contributed by atoms with E-state index in [1.165, 1.54) is 21.7 Å². The van der Waals surface area contributed by atoms with Gasteiger partial charge in [0.15, 0.2) is 0 Å². The Balaban J connectivity index is 2.16. The van der Waals surface area contributed by atoms with Crippen LogP contribution in [0.4, 0.5) is 5.69 Å². The molecule has 0 amide bonds. The van der Waals surface area contributed by atoms with Crippen molar-refractivity contribution in [2.24, 2.45) is 0 Å². The van der Waals surface area contributed by atoms with Crippen molar-refractivity contribution in [2.45, 2.75) is 18.2 Å². The van der Waals surface area contributed by atoms with Crippen LogP contribution in [0.5, 0.6) is 0 Å². The predicted octanol–water partition coefficient (Wildman–Crippen LogP) is 2.10. The van der Waals surface area contributed by atoms with Crippen molar-refractivity contribution in [2.75, 3.05) is 18.8 Å². The molecule has 3 rings (SSSR count). The Morgan fingerprint density at radius 1 is 1.35 bits per heavy atom. The van der Waals surface area contributed by atoms with E-state index in [2.05, 4.69) is 4.98 Å². The molecule has 2 aromatic rings. The third kappa shape index (κ3) is 2.21. The van der Waals surface area contributed by atoms with Crippen LogP contribution in [-0.2, 0) is 10.0 Å². The second-order valence-corrected chi connectivity index (χ2v) is 7.90. The number of anilines is 1. The summed E-state index contributed by atoms with van der Waals surface area (Å²) in [6, 6.07) is 5.02. The highest BCUT2D eigenvalue weighted by molar-refractivity contribution is 7.89. The van der Waals surface area contributed by atoms with E-state index in [9.17, 15) is 8.42 Å². The molecule has 106 valence electrons. The number of hydrogen-bond donors (Lipinski definition) is 1. The molecule has 20 heavy (non-hydrogen) atoms. The Hall–Kier alpha value is -1.44. The molecule has 1 saturated heterocycles. The molecule has 1 aliphatic heterocycles. The summed E-state index contributed by atoms with van der Waals surface area (Å²) in [5.74, 6) is 0. The molecule has 1 aliphatic rings. The zero-order valence-electron chi connectivity index (χ0n) is 11.0. The third-order valence-electron chi connectivity index (χ3n) is 3.33. The molecule has 0 radical (unpaired) electrons. The quantitative estimate of drug-likeness (QED) is 0.881. The summed E-state index contributed by atoms with van der Waals surface area (Å²) < 4.78 is 26.7. The number of sulfonamides is 1. The molecule has 0 atom stereocenters. The highest BCUT2D eigenvalue weighted by Crippen LogP contribution is 2.35. The first-order valence-electron chi connectivity index (χ1n) is 6.31. The first-order valence-corrected chi connectivity index (χ1v) is 8.56. The standard InChI is InChI=1S/C13H15N3O2S2/c1-9-15-8-12(19-9)11-4-3-10(14)7-13(11)20(17,18)16-5-2-6-16/h3-4,7-8H,2,5-6,14H2,1H3. The normalized spacial score (nSPS) is 16.1. The summed E-state index contributed by atoms with van der Waals surface area (Å²) in [6.07, 6.45) is 2.62. The molecule has 2 heterocycles. The molecule has 5 nitrogen and oxygen atoms in total. The summed E-state index contributed by atoms with van der Waals surface area (Å²) in [5, 5.41) is 0.907. The second kappa shape index (κ2) is 4.83. The fourth-order valence-electron chi connectivity index (χ4n) is 2.11. The largest absolute Gasteiger partial charge is 0.399 e. The van der Waals surface area contributed by atoms with Gasteiger partial charge in [-0.25, -0.2) is 13.4 Å². The number of hydrogen-bond acceptors (Lipinski definition) is 5. The SMILES string of the molecule is Cc1ncc(-c2ccc(N)cc2S(=O)(=O)N2CCC2)s1. The van der Waals surface area contributed by atoms with Gasteiger partial charge in [-0.3, -0.25) is 0 Å². The van der Waals surface area contributed by atoms with Crippen LogP contribution >= 0.6 is 11.3 Å². The van der Waals surface area contributed by atoms with E-state index in [1.807, 2.05) is 6.92 Å². The van der Waals surface area contributed by atoms with Crippen LogP contribution in [0.3, 0.4) is 0 Å². The van der Waals surface area contributed by atoms with Gasteiger partial charge in [0.2, 0.25) is 10.0 Å². The molecule has 0 unspecified atom stereocenters. The van der Waals surface area contributed by atoms with Crippen molar-refractivity contribution in [1.82, 2.24) is 9.29 Å². The maximum Gasteiger partial charge on any atom is 0.243 e. The Morgan fingerprint density at radius 2 is 2.10 bits per heavy atom. The first-order chi connectivity index (χ1) is 9.48. The van der Waals surface area contributed by atoms with Crippen LogP contribution in [0, 0.1) is 6.92 Å². The summed E-state index contributed by atoms with van der Waals surface area (Å²) in [4.78, 5) is 5.32. The maximum absolute atomic E-state index is 12.6. The van der Waals surface area contributed by atoms with Gasteiger partial charge in [0.25, 0.3) is 0 Å². The van der Waals surface area contributed by atoms with Crippen LogP contribution < -0.4 is 5.73 Å². The summed E-state index contributed by atoms with van der Waals surface area (Å²) in [5.41, 5.74) is 6.90. The number of aromatic nitrogens is 1. The van der Waals surface area contributed by atoms with E-state index in [1.54, 1.807) is 18.3 Å². The van der Waals surface area contributed by atoms with Gasteiger partial charge in [-0.15, -0.1) is 11.3 Å². The average molecular weight is 309 g/mol. The zero-order chi connectivity index (χ0) is 14.3. The van der Waals surface area contributed by atoms with Gasteiger partial charge >= 0.3 is 0 Å². The fourth-order valence-corrected chi connectivity index (χ4v) is 4.75. The van der Waals surface area contributed by atoms with Gasteiger partial charge in [0.1, 0.15) is 0 Å². The van der Waals surface area contributed by atoms with E-state index in [0.29, 0.717) is 24.3 Å². The molecule has 0 aliphatic carbocycles. The summed E-state index contributed by atoms with van der Waals surface area (Å²) in [6.45, 7) is 3.06. The van der Waals surface area contributed by atoms with Crippen LogP contribution in [0.1, 0.15) is 11.4 Å². The minimum Gasteiger partial charge on any atom is -0.399 e. The summed E-state index contributed by atoms with van der Waals surface area (Å²) >= 11 is 1.48. The van der Waals surface area contributed by atoms with Gasteiger partial charge in [0.05, 0.1) is 14.8 Å². The summed E-state index contributed by atoms with van der Waals surface area (Å²) in [7, 11) is -3.46. The molecule has 0 spiro atoms. The molecule has 0 bridgehead atoms. The Bertz CT molecular complexity index is 749. The smallest absolute Gasteiger partial charge is 0.243 e. The molecule has 2 N–H and O–H groups in total. The molecular weight excluding hydrogens is 294 g/mol. The highest BCUT2D eigenvalue weighted by Gasteiger charge is 2.31. The van der Waals surface area contributed by atoms with Gasteiger partial charge in [-0.1, -0.05) is 6.07 Å². The lowest BCUT2D eigenvalue weighted by Crippen LogP contribution is -2.42. The van der Waals surface area contributed by atoms with Gasteiger partial charge in [-0.05, 0) is 25.5 Å². The van der Waals surface area contributed by atoms with Crippen molar-refractivity contribution < 1.29 is 8.42 Å². The van der Waals surface area contributed by atoms with Gasteiger partial charge in [0, 0.05) is 30.5 Å². The van der Waals surface area contributed by atoms with Crippen molar-refractivity contribution >= 4 is 27.0 Å². The van der Waals surface area contributed by atoms with E-state index >= 15 is 0 Å². The lowest BCUT2D eigenvalue weighted by atomic mass is 10.2. The molecule has 7 heteroatoms. The second-order valence-electron chi connectivity index (χ2n) is 4.76. The minimum absolute atomic E-state index is 0.279. The van der Waals surface area contributed by atoms with E-state index < -0.39 is 10.0 Å². The van der Waals surface area contributed by atoms with E-state index in [-0.39, 0.29) is 4.90 Å².